The van der Waals surface area contributed by atoms with Crippen LogP contribution in [0.15, 0.2) is 71.4 Å². The van der Waals surface area contributed by atoms with Crippen LogP contribution in [0, 0.1) is 0 Å². The summed E-state index contributed by atoms with van der Waals surface area (Å²) in [7, 11) is 1.65. The quantitative estimate of drug-likeness (QED) is 0.406. The second-order valence-electron chi connectivity index (χ2n) is 7.38. The highest BCUT2D eigenvalue weighted by Gasteiger charge is 2.13. The molecule has 6 heteroatoms. The molecule has 1 N–H and O–H groups in total. The molecule has 0 unspecified atom stereocenters. The number of rotatable bonds is 6. The Balaban J connectivity index is 0.000000416. The van der Waals surface area contributed by atoms with Gasteiger partial charge in [-0.1, -0.05) is 54.6 Å². The van der Waals surface area contributed by atoms with Crippen LogP contribution in [-0.2, 0) is 13.0 Å². The minimum atomic E-state index is 0.728. The van der Waals surface area contributed by atoms with Gasteiger partial charge in [0.15, 0.2) is 5.82 Å². The Kier molecular flexibility index (Phi) is 8.80. The fraction of sp³-hybridized carbons (Fsp3) is 0.269. The third-order valence-electron chi connectivity index (χ3n) is 5.11. The number of methoxy groups -OCH3 is 1. The first-order valence-electron chi connectivity index (χ1n) is 10.9. The van der Waals surface area contributed by atoms with Gasteiger partial charge in [-0.3, -0.25) is 0 Å². The lowest BCUT2D eigenvalue weighted by molar-refractivity contribution is 0.416. The smallest absolute Gasteiger partial charge is 0.156 e. The van der Waals surface area contributed by atoms with E-state index in [4.69, 9.17) is 4.74 Å². The van der Waals surface area contributed by atoms with E-state index in [9.17, 15) is 0 Å². The molecular weight excluding hydrogens is 398 g/mol. The highest BCUT2D eigenvalue weighted by Crippen LogP contribution is 2.29. The van der Waals surface area contributed by atoms with Crippen molar-refractivity contribution in [2.75, 3.05) is 7.11 Å². The summed E-state index contributed by atoms with van der Waals surface area (Å²) in [5.74, 6) is 2.72. The topological polar surface area (TPSA) is 64.3 Å². The average molecular weight is 430 g/mol. The fourth-order valence-corrected chi connectivity index (χ4v) is 3.20. The number of aromatic nitrogens is 3. The second-order valence-corrected chi connectivity index (χ2v) is 7.38. The maximum atomic E-state index is 5.47. The second kappa shape index (κ2) is 12.2. The third kappa shape index (κ3) is 6.67. The largest absolute Gasteiger partial charge is 0.494 e. The molecule has 166 valence electrons. The summed E-state index contributed by atoms with van der Waals surface area (Å²) in [6, 6.07) is 17.9. The van der Waals surface area contributed by atoms with E-state index < -0.39 is 0 Å². The molecule has 0 radical (unpaired) electrons. The monoisotopic (exact) mass is 429 g/mol. The van der Waals surface area contributed by atoms with Gasteiger partial charge in [-0.25, -0.2) is 4.99 Å². The van der Waals surface area contributed by atoms with Crippen molar-refractivity contribution in [3.05, 3.63) is 83.6 Å². The van der Waals surface area contributed by atoms with Crippen LogP contribution in [0.5, 0.6) is 5.75 Å². The number of nitrogens with one attached hydrogen (secondary N) is 1. The van der Waals surface area contributed by atoms with Crippen molar-refractivity contribution in [1.29, 1.82) is 0 Å². The van der Waals surface area contributed by atoms with E-state index in [-0.39, 0.29) is 0 Å². The normalized spacial score (nSPS) is 13.5. The standard InChI is InChI=1S/C20H25N5O.C6H6/c1-4-15(2)21-14-22-17-10-8-16(13-18(17)26-3)9-11-20-24-23-19-7-5-6-12-25(19)20;1-2-4-6-5-3-1/h4,8-11,13-14H,5-7,12H2,1-3H3,(H,21,22);1-6H/b11-9+,15-4-;. The van der Waals surface area contributed by atoms with Gasteiger partial charge in [-0.2, -0.15) is 0 Å². The Bertz CT molecular complexity index is 1040. The van der Waals surface area contributed by atoms with Crippen LogP contribution in [0.1, 0.15) is 43.9 Å². The van der Waals surface area contributed by atoms with Crippen molar-refractivity contribution in [2.45, 2.75) is 39.7 Å². The Hall–Kier alpha value is -3.67. The molecule has 1 aromatic heterocycles. The zero-order valence-electron chi connectivity index (χ0n) is 19.0. The van der Waals surface area contributed by atoms with Crippen LogP contribution < -0.4 is 10.1 Å². The van der Waals surface area contributed by atoms with E-state index in [0.717, 1.165) is 47.3 Å². The molecule has 2 aromatic carbocycles. The molecule has 3 aromatic rings. The van der Waals surface area contributed by atoms with Gasteiger partial charge in [-0.05, 0) is 50.5 Å². The average Bonchev–Trinajstić information content (AvgIpc) is 3.27. The van der Waals surface area contributed by atoms with Crippen LogP contribution in [0.2, 0.25) is 0 Å². The molecule has 2 heterocycles. The fourth-order valence-electron chi connectivity index (χ4n) is 3.20. The van der Waals surface area contributed by atoms with Gasteiger partial charge in [0.1, 0.15) is 17.3 Å². The molecule has 0 aliphatic carbocycles. The number of ether oxygens (including phenoxy) is 1. The highest BCUT2D eigenvalue weighted by molar-refractivity contribution is 5.72. The molecule has 6 nitrogen and oxygen atoms in total. The minimum absolute atomic E-state index is 0.728. The minimum Gasteiger partial charge on any atom is -0.494 e. The number of aryl methyl sites for hydroxylation is 1. The van der Waals surface area contributed by atoms with Gasteiger partial charge in [0, 0.05) is 18.7 Å². The number of fused-ring (bicyclic) bond motifs is 1. The van der Waals surface area contributed by atoms with Crippen molar-refractivity contribution < 1.29 is 4.74 Å². The van der Waals surface area contributed by atoms with Crippen LogP contribution in [-0.4, -0.2) is 28.2 Å². The summed E-state index contributed by atoms with van der Waals surface area (Å²) < 4.78 is 7.67. The third-order valence-corrected chi connectivity index (χ3v) is 5.11. The lowest BCUT2D eigenvalue weighted by Gasteiger charge is -2.13. The van der Waals surface area contributed by atoms with Crippen LogP contribution >= 0.6 is 0 Å². The van der Waals surface area contributed by atoms with Crippen molar-refractivity contribution in [2.24, 2.45) is 4.99 Å². The Morgan fingerprint density at radius 1 is 1.06 bits per heavy atom. The highest BCUT2D eigenvalue weighted by atomic mass is 16.5. The zero-order chi connectivity index (χ0) is 22.6. The van der Waals surface area contributed by atoms with Crippen LogP contribution in [0.4, 0.5) is 5.69 Å². The van der Waals surface area contributed by atoms with Crippen molar-refractivity contribution >= 4 is 24.2 Å². The molecule has 0 bridgehead atoms. The van der Waals surface area contributed by atoms with Gasteiger partial charge in [0.25, 0.3) is 0 Å². The van der Waals surface area contributed by atoms with E-state index in [0.29, 0.717) is 0 Å². The Labute approximate surface area is 190 Å². The molecule has 0 saturated carbocycles. The maximum Gasteiger partial charge on any atom is 0.156 e. The Morgan fingerprint density at radius 2 is 1.81 bits per heavy atom. The summed E-state index contributed by atoms with van der Waals surface area (Å²) in [6.45, 7) is 4.96. The molecule has 0 saturated heterocycles. The summed E-state index contributed by atoms with van der Waals surface area (Å²) in [6.07, 6.45) is 11.1. The molecule has 0 amide bonds. The van der Waals surface area contributed by atoms with Crippen molar-refractivity contribution in [3.8, 4) is 5.75 Å². The number of benzene rings is 2. The van der Waals surface area contributed by atoms with Gasteiger partial charge in [0.05, 0.1) is 13.4 Å². The molecule has 1 aliphatic rings. The van der Waals surface area contributed by atoms with Gasteiger partial charge < -0.3 is 14.6 Å². The van der Waals surface area contributed by atoms with Gasteiger partial charge in [0.2, 0.25) is 0 Å². The van der Waals surface area contributed by atoms with E-state index in [1.165, 1.54) is 12.8 Å². The van der Waals surface area contributed by atoms with Crippen LogP contribution in [0.25, 0.3) is 12.2 Å². The van der Waals surface area contributed by atoms with E-state index >= 15 is 0 Å². The number of hydrogen-bond donors (Lipinski definition) is 1. The van der Waals surface area contributed by atoms with Crippen molar-refractivity contribution in [3.63, 3.8) is 0 Å². The molecule has 1 aliphatic heterocycles. The molecule has 0 atom stereocenters. The number of hydrogen-bond acceptors (Lipinski definition) is 4. The maximum absolute atomic E-state index is 5.47. The number of allylic oxidation sites excluding steroid dienone is 2. The molecule has 0 spiro atoms. The molecule has 4 rings (SSSR count). The summed E-state index contributed by atoms with van der Waals surface area (Å²) >= 11 is 0. The van der Waals surface area contributed by atoms with E-state index in [2.05, 4.69) is 25.1 Å². The predicted octanol–water partition coefficient (Wildman–Crippen LogP) is 5.65. The van der Waals surface area contributed by atoms with E-state index in [1.807, 2.05) is 86.7 Å². The zero-order valence-corrected chi connectivity index (χ0v) is 19.0. The van der Waals surface area contributed by atoms with Gasteiger partial charge in [-0.15, -0.1) is 10.2 Å². The summed E-state index contributed by atoms with van der Waals surface area (Å²) in [5.41, 5.74) is 2.86. The predicted molar refractivity (Wildman–Crippen MR) is 132 cm³/mol. The number of aliphatic imine (C=N–C) groups is 1. The lowest BCUT2D eigenvalue weighted by atomic mass is 10.1. The first-order valence-corrected chi connectivity index (χ1v) is 10.9. The molecule has 32 heavy (non-hydrogen) atoms. The number of nitrogens with zero attached hydrogens (tertiary/aromatic N) is 4. The summed E-state index contributed by atoms with van der Waals surface area (Å²) in [4.78, 5) is 4.42. The molecule has 0 fully saturated rings. The SMILES string of the molecule is C/C=C(/C)NC=Nc1ccc(/C=C/c2nnc3n2CCCC3)cc1OC.c1ccccc1. The lowest BCUT2D eigenvalue weighted by Crippen LogP contribution is -2.11. The first kappa shape index (κ1) is 23.0. The van der Waals surface area contributed by atoms with Gasteiger partial charge >= 0.3 is 0 Å². The summed E-state index contributed by atoms with van der Waals surface area (Å²) in [5, 5.41) is 11.7. The first-order chi connectivity index (χ1) is 15.7. The van der Waals surface area contributed by atoms with Crippen LogP contribution in [0.3, 0.4) is 0 Å². The van der Waals surface area contributed by atoms with Crippen molar-refractivity contribution in [1.82, 2.24) is 20.1 Å². The van der Waals surface area contributed by atoms with E-state index in [1.54, 1.807) is 13.4 Å². The Morgan fingerprint density at radius 3 is 2.50 bits per heavy atom. The molecular formula is C26H31N5O.